The molecule has 20 heavy (non-hydrogen) atoms. The second-order valence-corrected chi connectivity index (χ2v) is 5.17. The molecule has 0 bridgehead atoms. The molecule has 0 N–H and O–H groups in total. The number of hydrogen-bond donors (Lipinski definition) is 0. The van der Waals surface area contributed by atoms with Crippen molar-refractivity contribution in [1.29, 1.82) is 0 Å². The lowest BCUT2D eigenvalue weighted by Gasteiger charge is -2.03. The molecule has 6 nitrogen and oxygen atoms in total. The van der Waals surface area contributed by atoms with Gasteiger partial charge in [0.25, 0.3) is 5.69 Å². The van der Waals surface area contributed by atoms with Crippen LogP contribution in [0.5, 0.6) is 0 Å². The van der Waals surface area contributed by atoms with Crippen LogP contribution in [0, 0.1) is 17.0 Å². The van der Waals surface area contributed by atoms with Gasteiger partial charge in [0, 0.05) is 24.1 Å². The molecule has 0 saturated carbocycles. The number of hydrogen-bond acceptors (Lipinski definition) is 4. The summed E-state index contributed by atoms with van der Waals surface area (Å²) in [4.78, 5) is 21.6. The molecular formula is C13H12BrN3O3. The average Bonchev–Trinajstić information content (AvgIpc) is 2.66. The number of aromatic nitrogens is 2. The van der Waals surface area contributed by atoms with Gasteiger partial charge in [-0.25, -0.2) is 4.68 Å². The fourth-order valence-corrected chi connectivity index (χ4v) is 2.60. The van der Waals surface area contributed by atoms with Crippen LogP contribution in [0.25, 0.3) is 5.69 Å². The van der Waals surface area contributed by atoms with Crippen molar-refractivity contribution in [2.45, 2.75) is 20.3 Å². The molecule has 0 aliphatic rings. The Balaban J connectivity index is 2.51. The van der Waals surface area contributed by atoms with Gasteiger partial charge >= 0.3 is 0 Å². The maximum atomic E-state index is 11.3. The van der Waals surface area contributed by atoms with Gasteiger partial charge in [-0.3, -0.25) is 14.9 Å². The minimum Gasteiger partial charge on any atom is -0.300 e. The Bertz CT molecular complexity index is 694. The van der Waals surface area contributed by atoms with Crippen molar-refractivity contribution in [1.82, 2.24) is 9.78 Å². The molecule has 7 heteroatoms. The summed E-state index contributed by atoms with van der Waals surface area (Å²) in [6.07, 6.45) is 0.279. The van der Waals surface area contributed by atoms with E-state index >= 15 is 0 Å². The summed E-state index contributed by atoms with van der Waals surface area (Å²) >= 11 is 3.41. The summed E-state index contributed by atoms with van der Waals surface area (Å²) in [6, 6.07) is 6.18. The fraction of sp³-hybridized carbons (Fsp3) is 0.231. The van der Waals surface area contributed by atoms with E-state index in [0.717, 1.165) is 11.3 Å². The van der Waals surface area contributed by atoms with Crippen LogP contribution in [0.3, 0.4) is 0 Å². The lowest BCUT2D eigenvalue weighted by Crippen LogP contribution is -2.00. The predicted octanol–water partition coefficient (Wildman–Crippen LogP) is 2.98. The van der Waals surface area contributed by atoms with Crippen LogP contribution in [-0.4, -0.2) is 20.5 Å². The molecule has 1 heterocycles. The Morgan fingerprint density at radius 1 is 1.50 bits per heavy atom. The number of halogens is 1. The maximum absolute atomic E-state index is 11.3. The first-order valence-corrected chi connectivity index (χ1v) is 6.67. The van der Waals surface area contributed by atoms with Gasteiger partial charge in [0.05, 0.1) is 16.3 Å². The van der Waals surface area contributed by atoms with E-state index in [0.29, 0.717) is 10.3 Å². The molecule has 0 amide bonds. The first-order chi connectivity index (χ1) is 9.40. The number of rotatable bonds is 4. The van der Waals surface area contributed by atoms with E-state index in [4.69, 9.17) is 0 Å². The molecular weight excluding hydrogens is 326 g/mol. The molecule has 0 radical (unpaired) electrons. The van der Waals surface area contributed by atoms with E-state index in [2.05, 4.69) is 21.0 Å². The highest BCUT2D eigenvalue weighted by Crippen LogP contribution is 2.26. The topological polar surface area (TPSA) is 78.0 Å². The number of Topliss-reactive ketones (excluding diaryl/α,β-unsaturated/α-hetero) is 1. The first kappa shape index (κ1) is 14.4. The molecule has 0 saturated heterocycles. The van der Waals surface area contributed by atoms with Crippen LogP contribution in [-0.2, 0) is 11.2 Å². The van der Waals surface area contributed by atoms with Crippen LogP contribution < -0.4 is 0 Å². The summed E-state index contributed by atoms with van der Waals surface area (Å²) in [7, 11) is 0. The van der Waals surface area contributed by atoms with Crippen LogP contribution in [0.2, 0.25) is 0 Å². The third-order valence-electron chi connectivity index (χ3n) is 2.83. The fourth-order valence-electron chi connectivity index (χ4n) is 1.89. The third kappa shape index (κ3) is 2.77. The van der Waals surface area contributed by atoms with E-state index in [1.807, 2.05) is 0 Å². The van der Waals surface area contributed by atoms with Crippen LogP contribution in [0.1, 0.15) is 18.2 Å². The number of nitrogens with zero attached hydrogens (tertiary/aromatic N) is 3. The quantitative estimate of drug-likeness (QED) is 0.634. The minimum absolute atomic E-state index is 0.00401. The number of carbonyl (C=O) groups excluding carboxylic acids is 1. The minimum atomic E-state index is -0.454. The molecule has 104 valence electrons. The van der Waals surface area contributed by atoms with Gasteiger partial charge in [0.2, 0.25) is 0 Å². The zero-order chi connectivity index (χ0) is 14.9. The van der Waals surface area contributed by atoms with Crippen molar-refractivity contribution >= 4 is 27.4 Å². The summed E-state index contributed by atoms with van der Waals surface area (Å²) in [5.74, 6) is 0.0346. The van der Waals surface area contributed by atoms with E-state index in [1.165, 1.54) is 19.1 Å². The van der Waals surface area contributed by atoms with Crippen molar-refractivity contribution in [2.75, 3.05) is 0 Å². The van der Waals surface area contributed by atoms with Crippen LogP contribution in [0.4, 0.5) is 5.69 Å². The molecule has 0 fully saturated rings. The normalized spacial score (nSPS) is 10.6. The molecule has 1 aromatic carbocycles. The molecule has 1 aromatic heterocycles. The Hall–Kier alpha value is -2.02. The second-order valence-electron chi connectivity index (χ2n) is 4.42. The van der Waals surface area contributed by atoms with Crippen molar-refractivity contribution in [3.05, 3.63) is 50.2 Å². The number of nitro benzene ring substituents is 1. The summed E-state index contributed by atoms with van der Waals surface area (Å²) < 4.78 is 2.20. The third-order valence-corrected chi connectivity index (χ3v) is 3.65. The summed E-state index contributed by atoms with van der Waals surface area (Å²) in [6.45, 7) is 3.31. The summed E-state index contributed by atoms with van der Waals surface area (Å²) in [5, 5.41) is 15.1. The molecule has 2 rings (SSSR count). The lowest BCUT2D eigenvalue weighted by atomic mass is 10.1. The Morgan fingerprint density at radius 2 is 2.20 bits per heavy atom. The van der Waals surface area contributed by atoms with Gasteiger partial charge < -0.3 is 0 Å². The van der Waals surface area contributed by atoms with Gasteiger partial charge in [0.15, 0.2) is 0 Å². The SMILES string of the molecule is CC(=O)Cc1c(C)nn(-c2cccc([N+](=O)[O-])c2)c1Br. The van der Waals surface area contributed by atoms with E-state index < -0.39 is 4.92 Å². The Kier molecular flexibility index (Phi) is 3.99. The van der Waals surface area contributed by atoms with Crippen LogP contribution >= 0.6 is 15.9 Å². The van der Waals surface area contributed by atoms with Crippen molar-refractivity contribution in [3.8, 4) is 5.69 Å². The van der Waals surface area contributed by atoms with Gasteiger partial charge in [-0.05, 0) is 35.8 Å². The standard InChI is InChI=1S/C13H12BrN3O3/c1-8(18)6-12-9(2)15-16(13(12)14)10-4-3-5-11(7-10)17(19)20/h3-5,7H,6H2,1-2H3. The average molecular weight is 338 g/mol. The van der Waals surface area contributed by atoms with E-state index in [1.54, 1.807) is 23.7 Å². The number of aryl methyl sites for hydroxylation is 1. The van der Waals surface area contributed by atoms with Crippen molar-refractivity contribution < 1.29 is 9.72 Å². The zero-order valence-electron chi connectivity index (χ0n) is 11.0. The Labute approximate surface area is 123 Å². The molecule has 0 spiro atoms. The molecule has 0 aliphatic carbocycles. The number of non-ortho nitro benzene ring substituents is 1. The highest BCUT2D eigenvalue weighted by Gasteiger charge is 2.17. The smallest absolute Gasteiger partial charge is 0.271 e. The lowest BCUT2D eigenvalue weighted by molar-refractivity contribution is -0.384. The Morgan fingerprint density at radius 3 is 2.80 bits per heavy atom. The highest BCUT2D eigenvalue weighted by molar-refractivity contribution is 9.10. The van der Waals surface area contributed by atoms with Crippen LogP contribution in [0.15, 0.2) is 28.9 Å². The molecule has 2 aromatic rings. The monoisotopic (exact) mass is 337 g/mol. The maximum Gasteiger partial charge on any atom is 0.271 e. The highest BCUT2D eigenvalue weighted by atomic mass is 79.9. The van der Waals surface area contributed by atoms with Crippen molar-refractivity contribution in [3.63, 3.8) is 0 Å². The number of carbonyl (C=O) groups is 1. The van der Waals surface area contributed by atoms with E-state index in [-0.39, 0.29) is 17.9 Å². The number of ketones is 1. The number of nitro groups is 1. The first-order valence-electron chi connectivity index (χ1n) is 5.88. The predicted molar refractivity (Wildman–Crippen MR) is 77.0 cm³/mol. The van der Waals surface area contributed by atoms with E-state index in [9.17, 15) is 14.9 Å². The van der Waals surface area contributed by atoms with Gasteiger partial charge in [-0.1, -0.05) is 6.07 Å². The number of benzene rings is 1. The zero-order valence-corrected chi connectivity index (χ0v) is 12.5. The molecule has 0 unspecified atom stereocenters. The molecule has 0 atom stereocenters. The molecule has 0 aliphatic heterocycles. The van der Waals surface area contributed by atoms with Gasteiger partial charge in [0.1, 0.15) is 10.4 Å². The largest absolute Gasteiger partial charge is 0.300 e. The second kappa shape index (κ2) is 5.54. The van der Waals surface area contributed by atoms with Gasteiger partial charge in [-0.2, -0.15) is 5.10 Å². The summed E-state index contributed by atoms with van der Waals surface area (Å²) in [5.41, 5.74) is 2.09. The van der Waals surface area contributed by atoms with Crippen molar-refractivity contribution in [2.24, 2.45) is 0 Å². The van der Waals surface area contributed by atoms with Gasteiger partial charge in [-0.15, -0.1) is 0 Å².